The monoisotopic (exact) mass is 400 g/mol. The van der Waals surface area contributed by atoms with E-state index in [-0.39, 0.29) is 18.0 Å². The average molecular weight is 401 g/mol. The van der Waals surface area contributed by atoms with Gasteiger partial charge in [-0.25, -0.2) is 4.79 Å². The highest BCUT2D eigenvalue weighted by atomic mass is 16.5. The van der Waals surface area contributed by atoms with Crippen LogP contribution in [0.5, 0.6) is 0 Å². The summed E-state index contributed by atoms with van der Waals surface area (Å²) >= 11 is 0. The summed E-state index contributed by atoms with van der Waals surface area (Å²) in [6.07, 6.45) is 1.58. The van der Waals surface area contributed by atoms with Gasteiger partial charge in [0, 0.05) is 31.2 Å². The first-order chi connectivity index (χ1) is 14.7. The minimum absolute atomic E-state index is 0.121. The number of para-hydroxylation sites is 1. The van der Waals surface area contributed by atoms with Crippen LogP contribution in [0.25, 0.3) is 0 Å². The van der Waals surface area contributed by atoms with Gasteiger partial charge in [0.05, 0.1) is 5.56 Å². The number of carbonyl (C=O) groups is 1. The van der Waals surface area contributed by atoms with Crippen molar-refractivity contribution in [2.45, 2.75) is 25.5 Å². The molecule has 3 aromatic rings. The zero-order valence-corrected chi connectivity index (χ0v) is 17.1. The van der Waals surface area contributed by atoms with E-state index in [1.165, 1.54) is 11.1 Å². The molecule has 154 valence electrons. The zero-order valence-electron chi connectivity index (χ0n) is 17.1. The Morgan fingerprint density at radius 1 is 0.900 bits per heavy atom. The summed E-state index contributed by atoms with van der Waals surface area (Å²) in [5, 5.41) is 0. The molecule has 2 unspecified atom stereocenters. The lowest BCUT2D eigenvalue weighted by molar-refractivity contribution is -0.0161. The summed E-state index contributed by atoms with van der Waals surface area (Å²) in [7, 11) is 0. The van der Waals surface area contributed by atoms with Gasteiger partial charge in [0.25, 0.3) is 0 Å². The van der Waals surface area contributed by atoms with E-state index in [1.807, 2.05) is 24.3 Å². The minimum atomic E-state index is -0.326. The zero-order chi connectivity index (χ0) is 20.8. The number of hydrogen-bond acceptors (Lipinski definition) is 4. The second-order valence-corrected chi connectivity index (χ2v) is 7.99. The van der Waals surface area contributed by atoms with Crippen LogP contribution in [0.1, 0.15) is 27.9 Å². The summed E-state index contributed by atoms with van der Waals surface area (Å²) in [4.78, 5) is 15.3. The fourth-order valence-electron chi connectivity index (χ4n) is 4.22. The summed E-state index contributed by atoms with van der Waals surface area (Å²) in [5.41, 5.74) is 9.47. The molecule has 1 heterocycles. The van der Waals surface area contributed by atoms with Crippen molar-refractivity contribution in [3.05, 3.63) is 102 Å². The Hall–Kier alpha value is -3.11. The number of carbonyl (C=O) groups excluding carboxylic acids is 1. The van der Waals surface area contributed by atoms with Gasteiger partial charge in [-0.2, -0.15) is 0 Å². The third-order valence-corrected chi connectivity index (χ3v) is 5.78. The lowest BCUT2D eigenvalue weighted by atomic mass is 9.88. The fraction of sp³-hybridized carbons (Fsp3) is 0.269. The standard InChI is InChI=1S/C26H28N2O2/c27-24-14-8-7-13-23(24)26(29)30-25-15-16-28(18-21-11-5-2-6-12-21)19-22(25)17-20-9-3-1-4-10-20/h1-14,22,25H,15-19,27H2. The summed E-state index contributed by atoms with van der Waals surface area (Å²) in [6, 6.07) is 28.1. The molecule has 30 heavy (non-hydrogen) atoms. The number of rotatable bonds is 6. The summed E-state index contributed by atoms with van der Waals surface area (Å²) < 4.78 is 6.00. The molecule has 0 bridgehead atoms. The van der Waals surface area contributed by atoms with Crippen molar-refractivity contribution in [3.8, 4) is 0 Å². The van der Waals surface area contributed by atoms with Crippen molar-refractivity contribution in [1.29, 1.82) is 0 Å². The normalized spacial score (nSPS) is 19.3. The quantitative estimate of drug-likeness (QED) is 0.487. The van der Waals surface area contributed by atoms with E-state index in [2.05, 4.69) is 53.4 Å². The van der Waals surface area contributed by atoms with Crippen molar-refractivity contribution in [2.75, 3.05) is 18.8 Å². The molecule has 0 saturated carbocycles. The Morgan fingerprint density at radius 3 is 2.23 bits per heavy atom. The van der Waals surface area contributed by atoms with Gasteiger partial charge in [-0.1, -0.05) is 72.8 Å². The molecule has 0 aromatic heterocycles. The van der Waals surface area contributed by atoms with E-state index >= 15 is 0 Å². The van der Waals surface area contributed by atoms with Gasteiger partial charge in [0.2, 0.25) is 0 Å². The molecule has 3 aromatic carbocycles. The van der Waals surface area contributed by atoms with E-state index in [0.717, 1.165) is 32.5 Å². The minimum Gasteiger partial charge on any atom is -0.458 e. The number of ether oxygens (including phenoxy) is 1. The predicted octanol–water partition coefficient (Wildman–Crippen LogP) is 4.56. The maximum absolute atomic E-state index is 12.8. The molecule has 4 rings (SSSR count). The van der Waals surface area contributed by atoms with Crippen LogP contribution in [0.15, 0.2) is 84.9 Å². The smallest absolute Gasteiger partial charge is 0.340 e. The molecule has 0 spiro atoms. The Kier molecular flexibility index (Phi) is 6.45. The largest absolute Gasteiger partial charge is 0.458 e. The van der Waals surface area contributed by atoms with Crippen LogP contribution in [0.2, 0.25) is 0 Å². The number of esters is 1. The van der Waals surface area contributed by atoms with Crippen molar-refractivity contribution >= 4 is 11.7 Å². The number of anilines is 1. The number of hydrogen-bond donors (Lipinski definition) is 1. The number of nitrogens with zero attached hydrogens (tertiary/aromatic N) is 1. The second-order valence-electron chi connectivity index (χ2n) is 7.99. The van der Waals surface area contributed by atoms with Crippen molar-refractivity contribution in [1.82, 2.24) is 4.90 Å². The van der Waals surface area contributed by atoms with E-state index in [1.54, 1.807) is 12.1 Å². The lowest BCUT2D eigenvalue weighted by Gasteiger charge is -2.38. The number of nitrogen functional groups attached to an aromatic ring is 1. The maximum Gasteiger partial charge on any atom is 0.340 e. The van der Waals surface area contributed by atoms with Crippen LogP contribution < -0.4 is 5.73 Å². The second kappa shape index (κ2) is 9.59. The van der Waals surface area contributed by atoms with Gasteiger partial charge in [0.15, 0.2) is 0 Å². The van der Waals surface area contributed by atoms with Crippen LogP contribution in [0, 0.1) is 5.92 Å². The number of likely N-dealkylation sites (tertiary alicyclic amines) is 1. The summed E-state index contributed by atoms with van der Waals surface area (Å²) in [6.45, 7) is 2.72. The molecule has 1 aliphatic rings. The summed E-state index contributed by atoms with van der Waals surface area (Å²) in [5.74, 6) is -0.0913. The first kappa shape index (κ1) is 20.2. The van der Waals surface area contributed by atoms with Crippen LogP contribution in [-0.4, -0.2) is 30.1 Å². The van der Waals surface area contributed by atoms with E-state index < -0.39 is 0 Å². The van der Waals surface area contributed by atoms with Gasteiger partial charge >= 0.3 is 5.97 Å². The molecule has 2 N–H and O–H groups in total. The van der Waals surface area contributed by atoms with Crippen molar-refractivity contribution in [3.63, 3.8) is 0 Å². The Bertz CT molecular complexity index is 959. The number of benzene rings is 3. The van der Waals surface area contributed by atoms with Gasteiger partial charge < -0.3 is 10.5 Å². The average Bonchev–Trinajstić information content (AvgIpc) is 2.77. The number of piperidine rings is 1. The molecule has 1 aliphatic heterocycles. The molecule has 1 fully saturated rings. The molecular formula is C26H28N2O2. The van der Waals surface area contributed by atoms with Gasteiger partial charge in [-0.05, 0) is 36.1 Å². The highest BCUT2D eigenvalue weighted by molar-refractivity contribution is 5.95. The van der Waals surface area contributed by atoms with Crippen LogP contribution in [0.3, 0.4) is 0 Å². The molecule has 1 saturated heterocycles. The van der Waals surface area contributed by atoms with E-state index in [4.69, 9.17) is 10.5 Å². The molecule has 0 radical (unpaired) electrons. The highest BCUT2D eigenvalue weighted by Crippen LogP contribution is 2.27. The van der Waals surface area contributed by atoms with Crippen LogP contribution in [-0.2, 0) is 17.7 Å². The van der Waals surface area contributed by atoms with Gasteiger partial charge in [-0.15, -0.1) is 0 Å². The molecule has 4 heteroatoms. The number of nitrogens with two attached hydrogens (primary N) is 1. The molecule has 0 aliphatic carbocycles. The third-order valence-electron chi connectivity index (χ3n) is 5.78. The molecule has 2 atom stereocenters. The van der Waals surface area contributed by atoms with Gasteiger partial charge in [0.1, 0.15) is 6.10 Å². The Labute approximate surface area is 178 Å². The van der Waals surface area contributed by atoms with Crippen LogP contribution >= 0.6 is 0 Å². The first-order valence-electron chi connectivity index (χ1n) is 10.5. The van der Waals surface area contributed by atoms with E-state index in [0.29, 0.717) is 11.3 Å². The maximum atomic E-state index is 12.8. The predicted molar refractivity (Wildman–Crippen MR) is 120 cm³/mol. The fourth-order valence-corrected chi connectivity index (χ4v) is 4.22. The van der Waals surface area contributed by atoms with Gasteiger partial charge in [-0.3, -0.25) is 4.90 Å². The third kappa shape index (κ3) is 5.08. The Balaban J connectivity index is 1.48. The van der Waals surface area contributed by atoms with Crippen LogP contribution in [0.4, 0.5) is 5.69 Å². The van der Waals surface area contributed by atoms with E-state index in [9.17, 15) is 4.79 Å². The topological polar surface area (TPSA) is 55.6 Å². The first-order valence-corrected chi connectivity index (χ1v) is 10.5. The van der Waals surface area contributed by atoms with Crippen molar-refractivity contribution < 1.29 is 9.53 Å². The lowest BCUT2D eigenvalue weighted by Crippen LogP contribution is -2.45. The highest BCUT2D eigenvalue weighted by Gasteiger charge is 2.32. The molecule has 0 amide bonds. The van der Waals surface area contributed by atoms with Crippen molar-refractivity contribution in [2.24, 2.45) is 5.92 Å². The molecular weight excluding hydrogens is 372 g/mol. The Morgan fingerprint density at radius 2 is 1.53 bits per heavy atom. The SMILES string of the molecule is Nc1ccccc1C(=O)OC1CCN(Cc2ccccc2)CC1Cc1ccccc1. The molecule has 4 nitrogen and oxygen atoms in total.